The summed E-state index contributed by atoms with van der Waals surface area (Å²) in [5.74, 6) is 0.0771. The van der Waals surface area contributed by atoms with E-state index in [1.54, 1.807) is 12.3 Å². The summed E-state index contributed by atoms with van der Waals surface area (Å²) in [7, 11) is 0. The zero-order chi connectivity index (χ0) is 13.1. The van der Waals surface area contributed by atoms with Gasteiger partial charge >= 0.3 is 0 Å². The van der Waals surface area contributed by atoms with Crippen molar-refractivity contribution < 1.29 is 9.59 Å². The number of amides is 2. The van der Waals surface area contributed by atoms with E-state index in [1.807, 2.05) is 4.90 Å². The molecule has 5 nitrogen and oxygen atoms in total. The smallest absolute Gasteiger partial charge is 0.270 e. The van der Waals surface area contributed by atoms with Gasteiger partial charge in [-0.3, -0.25) is 9.59 Å². The van der Waals surface area contributed by atoms with Crippen LogP contribution in [0.3, 0.4) is 0 Å². The highest BCUT2D eigenvalue weighted by molar-refractivity contribution is 9.10. The molecule has 0 bridgehead atoms. The molecule has 1 fully saturated rings. The Hall–Kier alpha value is -1.30. The van der Waals surface area contributed by atoms with Gasteiger partial charge in [0.05, 0.1) is 0 Å². The van der Waals surface area contributed by atoms with Crippen molar-refractivity contribution in [3.05, 3.63) is 22.4 Å². The van der Waals surface area contributed by atoms with Crippen molar-refractivity contribution in [2.45, 2.75) is 19.3 Å². The van der Waals surface area contributed by atoms with Crippen LogP contribution < -0.4 is 5.73 Å². The molecule has 0 saturated carbocycles. The molecule has 1 aliphatic heterocycles. The average molecular weight is 314 g/mol. The fourth-order valence-corrected chi connectivity index (χ4v) is 2.63. The number of halogens is 1. The minimum atomic E-state index is -0.256. The summed E-state index contributed by atoms with van der Waals surface area (Å²) in [5, 5.41) is 0. The first-order valence-electron chi connectivity index (χ1n) is 5.97. The Bertz CT molecular complexity index is 450. The van der Waals surface area contributed by atoms with E-state index in [-0.39, 0.29) is 11.8 Å². The average Bonchev–Trinajstić information content (AvgIpc) is 2.75. The predicted molar refractivity (Wildman–Crippen MR) is 70.9 cm³/mol. The number of nitrogens with two attached hydrogens (primary N) is 1. The minimum Gasteiger partial charge on any atom is -0.370 e. The van der Waals surface area contributed by atoms with Gasteiger partial charge in [-0.05, 0) is 40.8 Å². The molecule has 18 heavy (non-hydrogen) atoms. The molecule has 0 aliphatic carbocycles. The number of hydrogen-bond donors (Lipinski definition) is 2. The first-order chi connectivity index (χ1) is 8.56. The fourth-order valence-electron chi connectivity index (χ4n) is 2.29. The summed E-state index contributed by atoms with van der Waals surface area (Å²) in [6.45, 7) is 1.38. The molecule has 0 atom stereocenters. The molecule has 0 aromatic carbocycles. The summed E-state index contributed by atoms with van der Waals surface area (Å²) in [6, 6.07) is 1.78. The molecule has 6 heteroatoms. The third kappa shape index (κ3) is 3.13. The number of nitrogens with one attached hydrogen (secondary N) is 1. The van der Waals surface area contributed by atoms with Crippen LogP contribution in [0.5, 0.6) is 0 Å². The van der Waals surface area contributed by atoms with Crippen LogP contribution in [0.15, 0.2) is 16.7 Å². The second-order valence-electron chi connectivity index (χ2n) is 4.64. The summed E-state index contributed by atoms with van der Waals surface area (Å²) in [6.07, 6.45) is 3.86. The van der Waals surface area contributed by atoms with Crippen LogP contribution >= 0.6 is 15.9 Å². The van der Waals surface area contributed by atoms with E-state index in [0.717, 1.165) is 17.3 Å². The summed E-state index contributed by atoms with van der Waals surface area (Å²) in [4.78, 5) is 27.7. The number of hydrogen-bond acceptors (Lipinski definition) is 2. The van der Waals surface area contributed by atoms with Crippen LogP contribution in [0.25, 0.3) is 0 Å². The highest BCUT2D eigenvalue weighted by Gasteiger charge is 2.25. The van der Waals surface area contributed by atoms with E-state index in [0.29, 0.717) is 31.1 Å². The van der Waals surface area contributed by atoms with Gasteiger partial charge in [-0.25, -0.2) is 0 Å². The molecule has 3 N–H and O–H groups in total. The van der Waals surface area contributed by atoms with E-state index < -0.39 is 0 Å². The van der Waals surface area contributed by atoms with Crippen LogP contribution in [0.1, 0.15) is 29.8 Å². The molecule has 0 radical (unpaired) electrons. The highest BCUT2D eigenvalue weighted by atomic mass is 79.9. The van der Waals surface area contributed by atoms with Crippen molar-refractivity contribution in [1.29, 1.82) is 0 Å². The summed E-state index contributed by atoms with van der Waals surface area (Å²) >= 11 is 3.31. The third-order valence-corrected chi connectivity index (χ3v) is 3.73. The van der Waals surface area contributed by atoms with E-state index in [4.69, 9.17) is 5.73 Å². The van der Waals surface area contributed by atoms with E-state index in [9.17, 15) is 9.59 Å². The van der Waals surface area contributed by atoms with Gasteiger partial charge in [0.1, 0.15) is 5.69 Å². The van der Waals surface area contributed by atoms with Crippen molar-refractivity contribution in [2.75, 3.05) is 13.1 Å². The van der Waals surface area contributed by atoms with Crippen LogP contribution in [-0.2, 0) is 4.79 Å². The van der Waals surface area contributed by atoms with Gasteiger partial charge in [-0.2, -0.15) is 0 Å². The van der Waals surface area contributed by atoms with Crippen molar-refractivity contribution in [2.24, 2.45) is 11.7 Å². The zero-order valence-electron chi connectivity index (χ0n) is 9.99. The Morgan fingerprint density at radius 2 is 2.11 bits per heavy atom. The molecule has 1 aromatic rings. The second-order valence-corrected chi connectivity index (χ2v) is 5.55. The van der Waals surface area contributed by atoms with Crippen molar-refractivity contribution in [1.82, 2.24) is 9.88 Å². The standard InChI is InChI=1S/C12H16BrN3O2/c13-9-6-10(15-7-9)12(18)16-3-1-8(2-4-16)5-11(14)17/h6-8,15H,1-5H2,(H2,14,17). The lowest BCUT2D eigenvalue weighted by atomic mass is 9.93. The number of carbonyl (C=O) groups excluding carboxylic acids is 2. The van der Waals surface area contributed by atoms with Crippen molar-refractivity contribution in [3.63, 3.8) is 0 Å². The van der Waals surface area contributed by atoms with Gasteiger partial charge in [0.25, 0.3) is 5.91 Å². The van der Waals surface area contributed by atoms with Gasteiger partial charge in [0, 0.05) is 30.2 Å². The Balaban J connectivity index is 1.90. The van der Waals surface area contributed by atoms with Gasteiger partial charge in [-0.15, -0.1) is 0 Å². The maximum Gasteiger partial charge on any atom is 0.270 e. The monoisotopic (exact) mass is 313 g/mol. The molecule has 2 rings (SSSR count). The van der Waals surface area contributed by atoms with Gasteiger partial charge in [0.2, 0.25) is 5.91 Å². The number of rotatable bonds is 3. The Kier molecular flexibility index (Phi) is 4.06. The fraction of sp³-hybridized carbons (Fsp3) is 0.500. The number of piperidine rings is 1. The number of likely N-dealkylation sites (tertiary alicyclic amines) is 1. The number of nitrogens with zero attached hydrogens (tertiary/aromatic N) is 1. The molecule has 1 aromatic heterocycles. The first kappa shape index (κ1) is 13.1. The summed E-state index contributed by atoms with van der Waals surface area (Å²) in [5.41, 5.74) is 5.77. The molecule has 2 heterocycles. The molecule has 98 valence electrons. The predicted octanol–water partition coefficient (Wildman–Crippen LogP) is 1.50. The number of carbonyl (C=O) groups is 2. The van der Waals surface area contributed by atoms with Crippen LogP contribution in [0, 0.1) is 5.92 Å². The van der Waals surface area contributed by atoms with Gasteiger partial charge in [-0.1, -0.05) is 0 Å². The Morgan fingerprint density at radius 3 is 2.61 bits per heavy atom. The Labute approximate surface area is 114 Å². The molecular weight excluding hydrogens is 298 g/mol. The van der Waals surface area contributed by atoms with Crippen molar-refractivity contribution in [3.8, 4) is 0 Å². The Morgan fingerprint density at radius 1 is 1.44 bits per heavy atom. The molecule has 2 amide bonds. The zero-order valence-corrected chi connectivity index (χ0v) is 11.6. The number of aromatic amines is 1. The highest BCUT2D eigenvalue weighted by Crippen LogP contribution is 2.22. The van der Waals surface area contributed by atoms with Gasteiger partial charge < -0.3 is 15.6 Å². The van der Waals surface area contributed by atoms with E-state index in [1.165, 1.54) is 0 Å². The molecule has 0 unspecified atom stereocenters. The van der Waals surface area contributed by atoms with E-state index in [2.05, 4.69) is 20.9 Å². The molecule has 0 spiro atoms. The maximum atomic E-state index is 12.1. The SMILES string of the molecule is NC(=O)CC1CCN(C(=O)c2cc(Br)c[nH]2)CC1. The quantitative estimate of drug-likeness (QED) is 0.887. The number of H-pyrrole nitrogens is 1. The first-order valence-corrected chi connectivity index (χ1v) is 6.77. The minimum absolute atomic E-state index is 0.0122. The molecule has 1 aliphatic rings. The van der Waals surface area contributed by atoms with Crippen LogP contribution in [0.2, 0.25) is 0 Å². The summed E-state index contributed by atoms with van der Waals surface area (Å²) < 4.78 is 0.870. The lowest BCUT2D eigenvalue weighted by Gasteiger charge is -2.31. The van der Waals surface area contributed by atoms with Crippen molar-refractivity contribution >= 4 is 27.7 Å². The largest absolute Gasteiger partial charge is 0.370 e. The molecule has 1 saturated heterocycles. The second kappa shape index (κ2) is 5.56. The topological polar surface area (TPSA) is 79.2 Å². The third-order valence-electron chi connectivity index (χ3n) is 3.27. The number of aromatic nitrogens is 1. The van der Waals surface area contributed by atoms with Crippen LogP contribution in [0.4, 0.5) is 0 Å². The normalized spacial score (nSPS) is 16.8. The van der Waals surface area contributed by atoms with E-state index >= 15 is 0 Å². The van der Waals surface area contributed by atoms with Crippen LogP contribution in [-0.4, -0.2) is 34.8 Å². The number of primary amides is 1. The lowest BCUT2D eigenvalue weighted by Crippen LogP contribution is -2.39. The van der Waals surface area contributed by atoms with Gasteiger partial charge in [0.15, 0.2) is 0 Å². The maximum absolute atomic E-state index is 12.1. The molecular formula is C12H16BrN3O2. The lowest BCUT2D eigenvalue weighted by molar-refractivity contribution is -0.119.